The first-order valence-electron chi connectivity index (χ1n) is 5.75. The lowest BCUT2D eigenvalue weighted by molar-refractivity contribution is -0.178. The Morgan fingerprint density at radius 1 is 1.40 bits per heavy atom. The molecule has 0 aromatic carbocycles. The molecule has 0 radical (unpaired) electrons. The smallest absolute Gasteiger partial charge is 0.160 e. The summed E-state index contributed by atoms with van der Waals surface area (Å²) < 4.78 is 21.3. The number of ether oxygens (including phenoxy) is 4. The van der Waals surface area contributed by atoms with Crippen molar-refractivity contribution in [3.8, 4) is 0 Å². The lowest BCUT2D eigenvalue weighted by Gasteiger charge is -2.12. The Labute approximate surface area is 91.8 Å². The van der Waals surface area contributed by atoms with Crippen LogP contribution in [-0.2, 0) is 18.9 Å². The predicted octanol–water partition coefficient (Wildman–Crippen LogP) is 1.93. The second-order valence-corrected chi connectivity index (χ2v) is 3.73. The van der Waals surface area contributed by atoms with Gasteiger partial charge >= 0.3 is 0 Å². The molecule has 2 atom stereocenters. The molecule has 0 aromatic heterocycles. The van der Waals surface area contributed by atoms with Gasteiger partial charge in [0.25, 0.3) is 0 Å². The van der Waals surface area contributed by atoms with Crippen LogP contribution >= 0.6 is 0 Å². The van der Waals surface area contributed by atoms with Crippen LogP contribution in [0.2, 0.25) is 0 Å². The van der Waals surface area contributed by atoms with E-state index < -0.39 is 0 Å². The van der Waals surface area contributed by atoms with E-state index in [1.807, 2.05) is 0 Å². The van der Waals surface area contributed by atoms with E-state index in [1.165, 1.54) is 0 Å². The predicted molar refractivity (Wildman–Crippen MR) is 56.6 cm³/mol. The van der Waals surface area contributed by atoms with Crippen LogP contribution in [-0.4, -0.2) is 39.0 Å². The van der Waals surface area contributed by atoms with Gasteiger partial charge in [-0.2, -0.15) is 0 Å². The molecule has 1 rings (SSSR count). The third-order valence-corrected chi connectivity index (χ3v) is 2.43. The molecule has 0 bridgehead atoms. The van der Waals surface area contributed by atoms with Gasteiger partial charge in [-0.3, -0.25) is 0 Å². The summed E-state index contributed by atoms with van der Waals surface area (Å²) in [5.41, 5.74) is 0. The molecule has 0 aliphatic carbocycles. The summed E-state index contributed by atoms with van der Waals surface area (Å²) in [6, 6.07) is 0. The highest BCUT2D eigenvalue weighted by Gasteiger charge is 2.15. The Hall–Kier alpha value is -0.160. The van der Waals surface area contributed by atoms with Crippen LogP contribution in [0.5, 0.6) is 0 Å². The van der Waals surface area contributed by atoms with Crippen molar-refractivity contribution in [2.24, 2.45) is 0 Å². The van der Waals surface area contributed by atoms with Crippen LogP contribution in [0.4, 0.5) is 0 Å². The Morgan fingerprint density at radius 2 is 2.27 bits per heavy atom. The highest BCUT2D eigenvalue weighted by molar-refractivity contribution is 4.52. The Morgan fingerprint density at radius 3 is 2.93 bits per heavy atom. The molecule has 0 N–H and O–H groups in total. The van der Waals surface area contributed by atoms with Crippen molar-refractivity contribution in [3.63, 3.8) is 0 Å². The van der Waals surface area contributed by atoms with E-state index in [4.69, 9.17) is 18.9 Å². The van der Waals surface area contributed by atoms with Gasteiger partial charge in [0.2, 0.25) is 0 Å². The highest BCUT2D eigenvalue weighted by atomic mass is 16.7. The van der Waals surface area contributed by atoms with Crippen LogP contribution < -0.4 is 0 Å². The van der Waals surface area contributed by atoms with Crippen molar-refractivity contribution >= 4 is 0 Å². The standard InChI is InChI=1S/C11H22O4/c1-3-10(2)13-8-7-12-9-15-11-5-4-6-14-11/h10-11H,3-9H2,1-2H3. The van der Waals surface area contributed by atoms with Gasteiger partial charge in [-0.05, 0) is 19.8 Å². The van der Waals surface area contributed by atoms with Gasteiger partial charge in [0.05, 0.1) is 19.3 Å². The van der Waals surface area contributed by atoms with Crippen LogP contribution in [0, 0.1) is 0 Å². The van der Waals surface area contributed by atoms with E-state index in [1.54, 1.807) is 0 Å². The van der Waals surface area contributed by atoms with Crippen LogP contribution in [0.25, 0.3) is 0 Å². The zero-order valence-electron chi connectivity index (χ0n) is 9.74. The van der Waals surface area contributed by atoms with Crippen LogP contribution in [0.3, 0.4) is 0 Å². The lowest BCUT2D eigenvalue weighted by atomic mass is 10.3. The number of rotatable bonds is 8. The molecule has 1 aliphatic heterocycles. The molecule has 90 valence electrons. The fourth-order valence-corrected chi connectivity index (χ4v) is 1.29. The third-order valence-electron chi connectivity index (χ3n) is 2.43. The third kappa shape index (κ3) is 6.10. The van der Waals surface area contributed by atoms with E-state index in [2.05, 4.69) is 13.8 Å². The first-order valence-corrected chi connectivity index (χ1v) is 5.75. The summed E-state index contributed by atoms with van der Waals surface area (Å²) in [5, 5.41) is 0. The number of hydrogen-bond donors (Lipinski definition) is 0. The largest absolute Gasteiger partial charge is 0.376 e. The number of hydrogen-bond acceptors (Lipinski definition) is 4. The summed E-state index contributed by atoms with van der Waals surface area (Å²) in [7, 11) is 0. The van der Waals surface area contributed by atoms with Crippen molar-refractivity contribution in [2.45, 2.75) is 45.5 Å². The topological polar surface area (TPSA) is 36.9 Å². The fourth-order valence-electron chi connectivity index (χ4n) is 1.29. The average Bonchev–Trinajstić information content (AvgIpc) is 2.75. The minimum absolute atomic E-state index is 0.0551. The zero-order valence-corrected chi connectivity index (χ0v) is 9.74. The molecule has 1 fully saturated rings. The highest BCUT2D eigenvalue weighted by Crippen LogP contribution is 2.12. The van der Waals surface area contributed by atoms with Crippen molar-refractivity contribution in [1.82, 2.24) is 0 Å². The molecule has 0 spiro atoms. The van der Waals surface area contributed by atoms with Gasteiger partial charge in [-0.15, -0.1) is 0 Å². The molecular formula is C11H22O4. The Balaban J connectivity index is 1.80. The van der Waals surface area contributed by atoms with Crippen molar-refractivity contribution in [2.75, 3.05) is 26.6 Å². The molecule has 1 heterocycles. The quantitative estimate of drug-likeness (QED) is 0.461. The van der Waals surface area contributed by atoms with Gasteiger partial charge < -0.3 is 18.9 Å². The summed E-state index contributed by atoms with van der Waals surface area (Å²) in [6.45, 7) is 6.48. The van der Waals surface area contributed by atoms with Gasteiger partial charge in [0.1, 0.15) is 6.79 Å². The normalized spacial score (nSPS) is 23.2. The molecular weight excluding hydrogens is 196 g/mol. The van der Waals surface area contributed by atoms with Crippen molar-refractivity contribution in [3.05, 3.63) is 0 Å². The molecule has 4 heteroatoms. The summed E-state index contributed by atoms with van der Waals surface area (Å²) in [6.07, 6.45) is 3.36. The van der Waals surface area contributed by atoms with Gasteiger partial charge in [0.15, 0.2) is 6.29 Å². The second-order valence-electron chi connectivity index (χ2n) is 3.73. The van der Waals surface area contributed by atoms with Gasteiger partial charge in [-0.1, -0.05) is 6.92 Å². The van der Waals surface area contributed by atoms with Crippen LogP contribution in [0.15, 0.2) is 0 Å². The van der Waals surface area contributed by atoms with Crippen molar-refractivity contribution in [1.29, 1.82) is 0 Å². The van der Waals surface area contributed by atoms with E-state index >= 15 is 0 Å². The fraction of sp³-hybridized carbons (Fsp3) is 1.00. The maximum absolute atomic E-state index is 5.45. The molecule has 15 heavy (non-hydrogen) atoms. The molecule has 0 saturated carbocycles. The Kier molecular flexibility index (Phi) is 6.92. The molecule has 0 aromatic rings. The SMILES string of the molecule is CCC(C)OCCOCOC1CCCO1. The van der Waals surface area contributed by atoms with E-state index in [9.17, 15) is 0 Å². The van der Waals surface area contributed by atoms with Gasteiger partial charge in [0, 0.05) is 13.0 Å². The second kappa shape index (κ2) is 8.05. The first kappa shape index (κ1) is 12.9. The zero-order chi connectivity index (χ0) is 10.9. The minimum Gasteiger partial charge on any atom is -0.376 e. The maximum atomic E-state index is 5.45. The molecule has 0 amide bonds. The van der Waals surface area contributed by atoms with Gasteiger partial charge in [-0.25, -0.2) is 0 Å². The van der Waals surface area contributed by atoms with E-state index in [0.29, 0.717) is 26.1 Å². The summed E-state index contributed by atoms with van der Waals surface area (Å²) in [4.78, 5) is 0. The van der Waals surface area contributed by atoms with E-state index in [-0.39, 0.29) is 6.29 Å². The summed E-state index contributed by atoms with van der Waals surface area (Å²) >= 11 is 0. The van der Waals surface area contributed by atoms with Crippen molar-refractivity contribution < 1.29 is 18.9 Å². The Bertz CT molecular complexity index is 146. The molecule has 1 saturated heterocycles. The maximum Gasteiger partial charge on any atom is 0.160 e. The summed E-state index contributed by atoms with van der Waals surface area (Å²) in [5.74, 6) is 0. The minimum atomic E-state index is -0.0551. The average molecular weight is 218 g/mol. The first-order chi connectivity index (χ1) is 7.33. The molecule has 4 nitrogen and oxygen atoms in total. The lowest BCUT2D eigenvalue weighted by Crippen LogP contribution is -2.16. The monoisotopic (exact) mass is 218 g/mol. The molecule has 1 aliphatic rings. The van der Waals surface area contributed by atoms with Crippen LogP contribution in [0.1, 0.15) is 33.1 Å². The van der Waals surface area contributed by atoms with E-state index in [0.717, 1.165) is 25.9 Å². The molecule has 2 unspecified atom stereocenters.